The van der Waals surface area contributed by atoms with Gasteiger partial charge >= 0.3 is 0 Å². The van der Waals surface area contributed by atoms with Crippen molar-refractivity contribution in [1.82, 2.24) is 9.88 Å². The fourth-order valence-corrected chi connectivity index (χ4v) is 1.88. The first kappa shape index (κ1) is 14.9. The van der Waals surface area contributed by atoms with Gasteiger partial charge < -0.3 is 10.6 Å². The van der Waals surface area contributed by atoms with Gasteiger partial charge in [0.05, 0.1) is 17.9 Å². The van der Waals surface area contributed by atoms with E-state index in [-0.39, 0.29) is 11.6 Å². The first-order valence-corrected chi connectivity index (χ1v) is 6.34. The summed E-state index contributed by atoms with van der Waals surface area (Å²) in [6, 6.07) is 6.25. The van der Waals surface area contributed by atoms with E-state index in [4.69, 9.17) is 5.73 Å². The van der Waals surface area contributed by atoms with Gasteiger partial charge in [-0.15, -0.1) is 0 Å². The van der Waals surface area contributed by atoms with Crippen molar-refractivity contribution < 1.29 is 13.6 Å². The molecule has 2 N–H and O–H groups in total. The standard InChI is InChI=1S/C15H15F2N3O/c1-9(10-3-5-12(16)13(17)7-10)20(2)15(21)14-6-4-11(18)8-19-14/h3-9H,18H2,1-2H3. The lowest BCUT2D eigenvalue weighted by Crippen LogP contribution is -2.30. The van der Waals surface area contributed by atoms with Crippen molar-refractivity contribution in [2.75, 3.05) is 12.8 Å². The Morgan fingerprint density at radius 2 is 1.95 bits per heavy atom. The van der Waals surface area contributed by atoms with Gasteiger partial charge in [0.15, 0.2) is 11.6 Å². The summed E-state index contributed by atoms with van der Waals surface area (Å²) < 4.78 is 26.2. The quantitative estimate of drug-likeness (QED) is 0.946. The van der Waals surface area contributed by atoms with Crippen molar-refractivity contribution >= 4 is 11.6 Å². The molecule has 0 aliphatic carbocycles. The van der Waals surface area contributed by atoms with Crippen molar-refractivity contribution in [3.05, 3.63) is 59.4 Å². The van der Waals surface area contributed by atoms with Crippen LogP contribution in [0.1, 0.15) is 29.0 Å². The molecule has 0 spiro atoms. The van der Waals surface area contributed by atoms with E-state index >= 15 is 0 Å². The highest BCUT2D eigenvalue weighted by Gasteiger charge is 2.20. The largest absolute Gasteiger partial charge is 0.397 e. The maximum atomic E-state index is 13.3. The van der Waals surface area contributed by atoms with Gasteiger partial charge in [-0.2, -0.15) is 0 Å². The van der Waals surface area contributed by atoms with Crippen LogP contribution in [0.3, 0.4) is 0 Å². The van der Waals surface area contributed by atoms with Crippen LogP contribution in [0.5, 0.6) is 0 Å². The van der Waals surface area contributed by atoms with E-state index in [0.717, 1.165) is 12.1 Å². The number of carbonyl (C=O) groups is 1. The summed E-state index contributed by atoms with van der Waals surface area (Å²) in [6.45, 7) is 1.72. The van der Waals surface area contributed by atoms with Crippen LogP contribution >= 0.6 is 0 Å². The Kier molecular flexibility index (Phi) is 4.16. The lowest BCUT2D eigenvalue weighted by atomic mass is 10.1. The van der Waals surface area contributed by atoms with E-state index in [1.54, 1.807) is 20.0 Å². The summed E-state index contributed by atoms with van der Waals surface area (Å²) in [5, 5.41) is 0. The molecule has 0 aliphatic rings. The Morgan fingerprint density at radius 3 is 2.52 bits per heavy atom. The second-order valence-corrected chi connectivity index (χ2v) is 4.74. The summed E-state index contributed by atoms with van der Waals surface area (Å²) >= 11 is 0. The van der Waals surface area contributed by atoms with E-state index in [1.165, 1.54) is 23.2 Å². The molecule has 110 valence electrons. The number of nitrogens with two attached hydrogens (primary N) is 1. The SMILES string of the molecule is CC(c1ccc(F)c(F)c1)N(C)C(=O)c1ccc(N)cn1. The Labute approximate surface area is 121 Å². The maximum absolute atomic E-state index is 13.3. The van der Waals surface area contributed by atoms with Gasteiger partial charge in [-0.1, -0.05) is 6.07 Å². The van der Waals surface area contributed by atoms with Gasteiger partial charge in [-0.3, -0.25) is 4.79 Å². The number of pyridine rings is 1. The summed E-state index contributed by atoms with van der Waals surface area (Å²) in [7, 11) is 1.58. The molecule has 1 heterocycles. The van der Waals surface area contributed by atoms with E-state index < -0.39 is 17.7 Å². The number of hydrogen-bond donors (Lipinski definition) is 1. The lowest BCUT2D eigenvalue weighted by molar-refractivity contribution is 0.0736. The molecular weight excluding hydrogens is 276 g/mol. The van der Waals surface area contributed by atoms with Crippen LogP contribution in [-0.4, -0.2) is 22.8 Å². The van der Waals surface area contributed by atoms with E-state index in [1.807, 2.05) is 0 Å². The van der Waals surface area contributed by atoms with Gasteiger partial charge in [0, 0.05) is 7.05 Å². The van der Waals surface area contributed by atoms with Gasteiger partial charge in [-0.05, 0) is 36.8 Å². The highest BCUT2D eigenvalue weighted by atomic mass is 19.2. The minimum absolute atomic E-state index is 0.237. The zero-order valence-corrected chi connectivity index (χ0v) is 11.7. The van der Waals surface area contributed by atoms with Crippen molar-refractivity contribution in [1.29, 1.82) is 0 Å². The molecule has 1 amide bonds. The topological polar surface area (TPSA) is 59.2 Å². The average molecular weight is 291 g/mol. The Morgan fingerprint density at radius 1 is 1.24 bits per heavy atom. The molecule has 1 aromatic carbocycles. The Balaban J connectivity index is 2.21. The number of anilines is 1. The summed E-state index contributed by atoms with van der Waals surface area (Å²) in [6.07, 6.45) is 1.39. The number of carbonyl (C=O) groups excluding carboxylic acids is 1. The van der Waals surface area contributed by atoms with Crippen LogP contribution < -0.4 is 5.73 Å². The second-order valence-electron chi connectivity index (χ2n) is 4.74. The number of benzene rings is 1. The first-order valence-electron chi connectivity index (χ1n) is 6.34. The normalized spacial score (nSPS) is 12.0. The molecule has 0 saturated carbocycles. The molecule has 1 atom stereocenters. The van der Waals surface area contributed by atoms with Crippen molar-refractivity contribution in [2.45, 2.75) is 13.0 Å². The zero-order valence-electron chi connectivity index (χ0n) is 11.7. The highest BCUT2D eigenvalue weighted by molar-refractivity contribution is 5.92. The molecule has 1 unspecified atom stereocenters. The van der Waals surface area contributed by atoms with Crippen LogP contribution in [0.15, 0.2) is 36.5 Å². The predicted octanol–water partition coefficient (Wildman–Crippen LogP) is 2.78. The van der Waals surface area contributed by atoms with Gasteiger partial charge in [-0.25, -0.2) is 13.8 Å². The lowest BCUT2D eigenvalue weighted by Gasteiger charge is -2.25. The third kappa shape index (κ3) is 3.16. The Hall–Kier alpha value is -2.50. The molecule has 21 heavy (non-hydrogen) atoms. The molecule has 2 rings (SSSR count). The maximum Gasteiger partial charge on any atom is 0.272 e. The minimum atomic E-state index is -0.939. The van der Waals surface area contributed by atoms with Crippen LogP contribution in [0.2, 0.25) is 0 Å². The number of hydrogen-bond acceptors (Lipinski definition) is 3. The molecule has 0 saturated heterocycles. The average Bonchev–Trinajstić information content (AvgIpc) is 2.48. The molecule has 1 aromatic heterocycles. The predicted molar refractivity (Wildman–Crippen MR) is 75.5 cm³/mol. The Bertz CT molecular complexity index is 658. The van der Waals surface area contributed by atoms with Gasteiger partial charge in [0.1, 0.15) is 5.69 Å². The van der Waals surface area contributed by atoms with E-state index in [2.05, 4.69) is 4.98 Å². The molecule has 4 nitrogen and oxygen atoms in total. The summed E-state index contributed by atoms with van der Waals surface area (Å²) in [5.74, 6) is -2.18. The molecule has 2 aromatic rings. The minimum Gasteiger partial charge on any atom is -0.397 e. The number of amides is 1. The fourth-order valence-electron chi connectivity index (χ4n) is 1.88. The number of aromatic nitrogens is 1. The third-order valence-electron chi connectivity index (χ3n) is 3.33. The fraction of sp³-hybridized carbons (Fsp3) is 0.200. The highest BCUT2D eigenvalue weighted by Crippen LogP contribution is 2.22. The molecule has 0 radical (unpaired) electrons. The van der Waals surface area contributed by atoms with Crippen LogP contribution in [0.25, 0.3) is 0 Å². The van der Waals surface area contributed by atoms with Crippen molar-refractivity contribution in [2.24, 2.45) is 0 Å². The van der Waals surface area contributed by atoms with Crippen LogP contribution in [0, 0.1) is 11.6 Å². The molecule has 0 fully saturated rings. The monoisotopic (exact) mass is 291 g/mol. The summed E-state index contributed by atoms with van der Waals surface area (Å²) in [5.41, 5.74) is 6.72. The first-order chi connectivity index (χ1) is 9.90. The smallest absolute Gasteiger partial charge is 0.272 e. The molecule has 6 heteroatoms. The second kappa shape index (κ2) is 5.87. The third-order valence-corrected chi connectivity index (χ3v) is 3.33. The van der Waals surface area contributed by atoms with E-state index in [9.17, 15) is 13.6 Å². The van der Waals surface area contributed by atoms with E-state index in [0.29, 0.717) is 11.3 Å². The van der Waals surface area contributed by atoms with Crippen LogP contribution in [0.4, 0.5) is 14.5 Å². The van der Waals surface area contributed by atoms with Crippen molar-refractivity contribution in [3.63, 3.8) is 0 Å². The molecule has 0 bridgehead atoms. The number of rotatable bonds is 3. The number of nitrogens with zero attached hydrogens (tertiary/aromatic N) is 2. The van der Waals surface area contributed by atoms with Gasteiger partial charge in [0.2, 0.25) is 0 Å². The summed E-state index contributed by atoms with van der Waals surface area (Å²) in [4.78, 5) is 17.6. The zero-order chi connectivity index (χ0) is 15.6. The van der Waals surface area contributed by atoms with Crippen molar-refractivity contribution in [3.8, 4) is 0 Å². The van der Waals surface area contributed by atoms with Crippen LogP contribution in [-0.2, 0) is 0 Å². The number of halogens is 2. The molecular formula is C15H15F2N3O. The molecule has 0 aliphatic heterocycles. The number of nitrogen functional groups attached to an aromatic ring is 1. The van der Waals surface area contributed by atoms with Gasteiger partial charge in [0.25, 0.3) is 5.91 Å².